The number of aryl methyl sites for hydroxylation is 4. The fourth-order valence-corrected chi connectivity index (χ4v) is 7.01. The van der Waals surface area contributed by atoms with E-state index >= 15 is 0 Å². The summed E-state index contributed by atoms with van der Waals surface area (Å²) in [5.41, 5.74) is 12.1. The van der Waals surface area contributed by atoms with Crippen LogP contribution in [0.1, 0.15) is 108 Å². The molecular weight excluding hydrogens is 540 g/mol. The number of fused-ring (bicyclic) bond motifs is 8. The van der Waals surface area contributed by atoms with Crippen molar-refractivity contribution in [2.75, 3.05) is 0 Å². The van der Waals surface area contributed by atoms with E-state index < -0.39 is 11.9 Å². The van der Waals surface area contributed by atoms with Crippen LogP contribution in [0.15, 0.2) is 30.9 Å². The molecule has 4 N–H and O–H groups in total. The number of hydrogen-bond donors (Lipinski definition) is 4. The number of nitrogens with one attached hydrogen (secondary N) is 2. The molecule has 5 rings (SSSR count). The molecule has 3 aromatic rings. The number of aliphatic carboxylic acids is 1. The molecular formula is C35H40N4O4. The van der Waals surface area contributed by atoms with Crippen molar-refractivity contribution in [1.82, 2.24) is 19.9 Å². The maximum Gasteiger partial charge on any atom is 0.338 e. The summed E-state index contributed by atoms with van der Waals surface area (Å²) in [6.07, 6.45) is 3.13. The third kappa shape index (κ3) is 4.98. The number of H-pyrrole nitrogens is 2. The first-order chi connectivity index (χ1) is 20.4. The first kappa shape index (κ1) is 30.0. The van der Waals surface area contributed by atoms with E-state index in [2.05, 4.69) is 37.3 Å². The summed E-state index contributed by atoms with van der Waals surface area (Å²) < 4.78 is 0. The van der Waals surface area contributed by atoms with Crippen molar-refractivity contribution >= 4 is 45.2 Å². The van der Waals surface area contributed by atoms with Crippen LogP contribution < -0.4 is 0 Å². The summed E-state index contributed by atoms with van der Waals surface area (Å²) in [6.45, 7) is 18.1. The van der Waals surface area contributed by atoms with Gasteiger partial charge in [-0.3, -0.25) is 9.78 Å². The van der Waals surface area contributed by atoms with Gasteiger partial charge in [0.1, 0.15) is 0 Å². The summed E-state index contributed by atoms with van der Waals surface area (Å²) in [4.78, 5) is 41.8. The van der Waals surface area contributed by atoms with E-state index in [1.54, 1.807) is 0 Å². The van der Waals surface area contributed by atoms with E-state index in [0.29, 0.717) is 23.0 Å². The van der Waals surface area contributed by atoms with Crippen LogP contribution in [0.3, 0.4) is 0 Å². The highest BCUT2D eigenvalue weighted by Gasteiger charge is 2.36. The highest BCUT2D eigenvalue weighted by atomic mass is 16.4. The second-order valence-corrected chi connectivity index (χ2v) is 11.8. The van der Waals surface area contributed by atoms with Crippen molar-refractivity contribution in [1.29, 1.82) is 0 Å². The van der Waals surface area contributed by atoms with Gasteiger partial charge >= 0.3 is 11.9 Å². The lowest BCUT2D eigenvalue weighted by atomic mass is 9.78. The Balaban J connectivity index is 2.03. The number of carbonyl (C=O) groups is 2. The molecule has 0 aliphatic carbocycles. The predicted molar refractivity (Wildman–Crippen MR) is 171 cm³/mol. The van der Waals surface area contributed by atoms with Crippen LogP contribution >= 0.6 is 0 Å². The van der Waals surface area contributed by atoms with Crippen molar-refractivity contribution in [3.05, 3.63) is 81.4 Å². The molecule has 0 saturated carbocycles. The van der Waals surface area contributed by atoms with Gasteiger partial charge in [0.2, 0.25) is 0 Å². The minimum atomic E-state index is -1.02. The summed E-state index contributed by atoms with van der Waals surface area (Å²) in [7, 11) is 0. The number of carboxylic acids is 2. The monoisotopic (exact) mass is 580 g/mol. The average molecular weight is 581 g/mol. The van der Waals surface area contributed by atoms with Gasteiger partial charge in [0.05, 0.1) is 22.5 Å². The molecule has 224 valence electrons. The lowest BCUT2D eigenvalue weighted by Crippen LogP contribution is -2.17. The molecule has 2 aliphatic rings. The molecule has 3 aromatic heterocycles. The molecule has 8 heteroatoms. The molecule has 43 heavy (non-hydrogen) atoms. The van der Waals surface area contributed by atoms with Gasteiger partial charge in [0.25, 0.3) is 0 Å². The Morgan fingerprint density at radius 3 is 2.23 bits per heavy atom. The molecule has 0 fully saturated rings. The van der Waals surface area contributed by atoms with Crippen molar-refractivity contribution in [3.63, 3.8) is 0 Å². The van der Waals surface area contributed by atoms with E-state index in [1.165, 1.54) is 0 Å². The van der Waals surface area contributed by atoms with E-state index in [4.69, 9.17) is 9.97 Å². The molecule has 0 radical (unpaired) electrons. The third-order valence-corrected chi connectivity index (χ3v) is 9.32. The molecule has 0 saturated heterocycles. The minimum Gasteiger partial charge on any atom is -0.481 e. The Kier molecular flexibility index (Phi) is 7.90. The van der Waals surface area contributed by atoms with Crippen molar-refractivity contribution in [3.8, 4) is 0 Å². The van der Waals surface area contributed by atoms with E-state index in [-0.39, 0.29) is 29.7 Å². The second kappa shape index (κ2) is 11.3. The maximum absolute atomic E-state index is 12.7. The quantitative estimate of drug-likeness (QED) is 0.225. The summed E-state index contributed by atoms with van der Waals surface area (Å²) in [5, 5.41) is 20.1. The number of nitrogens with zero attached hydrogens (tertiary/aromatic N) is 2. The van der Waals surface area contributed by atoms with E-state index in [1.807, 2.05) is 52.0 Å². The fraction of sp³-hybridized carbons (Fsp3) is 0.371. The van der Waals surface area contributed by atoms with Crippen LogP contribution in [0, 0.1) is 19.8 Å². The van der Waals surface area contributed by atoms with Gasteiger partial charge in [0.15, 0.2) is 0 Å². The number of aromatic carboxylic acids is 1. The zero-order chi connectivity index (χ0) is 31.3. The predicted octanol–water partition coefficient (Wildman–Crippen LogP) is 7.87. The minimum absolute atomic E-state index is 0.0195. The number of allylic oxidation sites excluding steroid dienone is 3. The SMILES string of the molecule is C=CC1=C(C)c2cc3nc(c(CC)c4[nH]c(cc5[nH]c(cc1n2)c(C)c5CC)c(C)c4C(=O)O)[C@@H]([C@H](C)CC(=O)O)[C@@H]3C. The van der Waals surface area contributed by atoms with Crippen LogP contribution in [-0.2, 0) is 17.6 Å². The molecule has 0 spiro atoms. The molecule has 2 aliphatic heterocycles. The van der Waals surface area contributed by atoms with Crippen LogP contribution in [0.4, 0.5) is 0 Å². The molecule has 0 aromatic carbocycles. The largest absolute Gasteiger partial charge is 0.481 e. The standard InChI is InChI=1S/C35H40N4O4/c1-9-21-17(5)24-13-26-19(7)31(16(4)12-30(40)41)33(38-26)23(11-3)34-32(35(42)43)20(8)27(39-34)15-29-22(10-2)18(6)25(37-29)14-28(21)36-24/h9,13-16,19,31,37,39H,1,10-12H2,2-8H3,(H,40,41)(H,42,43)/t16-,19-,31+/m1/s1. The Labute approximate surface area is 251 Å². The van der Waals surface area contributed by atoms with Crippen LogP contribution in [0.5, 0.6) is 0 Å². The Bertz CT molecular complexity index is 1870. The molecule has 5 heterocycles. The van der Waals surface area contributed by atoms with Crippen molar-refractivity contribution in [2.24, 2.45) is 5.92 Å². The maximum atomic E-state index is 12.7. The summed E-state index contributed by atoms with van der Waals surface area (Å²) >= 11 is 0. The number of aromatic nitrogens is 4. The average Bonchev–Trinajstić information content (AvgIpc) is 3.62. The van der Waals surface area contributed by atoms with Crippen molar-refractivity contribution in [2.45, 2.75) is 79.6 Å². The molecule has 8 bridgehead atoms. The topological polar surface area (TPSA) is 132 Å². The van der Waals surface area contributed by atoms with E-state index in [0.717, 1.165) is 68.1 Å². The van der Waals surface area contributed by atoms with Gasteiger partial charge in [-0.15, -0.1) is 0 Å². The lowest BCUT2D eigenvalue weighted by molar-refractivity contribution is -0.138. The number of rotatable bonds is 7. The normalized spacial score (nSPS) is 17.3. The second-order valence-electron chi connectivity index (χ2n) is 11.8. The Hall–Kier alpha value is -4.46. The summed E-state index contributed by atoms with van der Waals surface area (Å²) in [5.74, 6) is -2.44. The molecule has 0 amide bonds. The van der Waals surface area contributed by atoms with Gasteiger partial charge in [-0.2, -0.15) is 0 Å². The van der Waals surface area contributed by atoms with Gasteiger partial charge in [-0.25, -0.2) is 9.78 Å². The number of aromatic amines is 2. The Morgan fingerprint density at radius 2 is 1.63 bits per heavy atom. The third-order valence-electron chi connectivity index (χ3n) is 9.32. The first-order valence-corrected chi connectivity index (χ1v) is 15.0. The zero-order valence-corrected chi connectivity index (χ0v) is 26.0. The van der Waals surface area contributed by atoms with Gasteiger partial charge in [-0.1, -0.05) is 40.3 Å². The lowest BCUT2D eigenvalue weighted by Gasteiger charge is -2.23. The Morgan fingerprint density at radius 1 is 0.953 bits per heavy atom. The smallest absolute Gasteiger partial charge is 0.338 e. The number of carboxylic acid groups (broad SMARTS) is 2. The summed E-state index contributed by atoms with van der Waals surface area (Å²) in [6, 6.07) is 6.04. The highest BCUT2D eigenvalue weighted by molar-refractivity contribution is 6.02. The number of hydrogen-bond acceptors (Lipinski definition) is 4. The molecule has 3 atom stereocenters. The molecule has 8 nitrogen and oxygen atoms in total. The van der Waals surface area contributed by atoms with Crippen molar-refractivity contribution < 1.29 is 19.8 Å². The highest BCUT2D eigenvalue weighted by Crippen LogP contribution is 2.45. The zero-order valence-electron chi connectivity index (χ0n) is 26.0. The van der Waals surface area contributed by atoms with Crippen LogP contribution in [0.25, 0.3) is 33.2 Å². The molecule has 0 unspecified atom stereocenters. The van der Waals surface area contributed by atoms with E-state index in [9.17, 15) is 19.8 Å². The van der Waals surface area contributed by atoms with Crippen LogP contribution in [0.2, 0.25) is 0 Å². The first-order valence-electron chi connectivity index (χ1n) is 15.0. The van der Waals surface area contributed by atoms with Gasteiger partial charge in [0, 0.05) is 51.8 Å². The van der Waals surface area contributed by atoms with Crippen LogP contribution in [-0.4, -0.2) is 42.1 Å². The van der Waals surface area contributed by atoms with Gasteiger partial charge in [-0.05, 0) is 85.6 Å². The fourth-order valence-electron chi connectivity index (χ4n) is 7.01. The van der Waals surface area contributed by atoms with Gasteiger partial charge < -0.3 is 20.2 Å².